The van der Waals surface area contributed by atoms with Gasteiger partial charge >= 0.3 is 0 Å². The summed E-state index contributed by atoms with van der Waals surface area (Å²) >= 11 is 0. The number of ether oxygens (including phenoxy) is 1. The number of sulfonamides is 1. The van der Waals surface area contributed by atoms with Crippen LogP contribution in [-0.2, 0) is 26.0 Å². The molecule has 9 heteroatoms. The summed E-state index contributed by atoms with van der Waals surface area (Å²) in [7, 11) is -4.09. The molecule has 1 unspecified atom stereocenters. The van der Waals surface area contributed by atoms with E-state index in [1.165, 1.54) is 17.0 Å². The van der Waals surface area contributed by atoms with Gasteiger partial charge in [0.15, 0.2) is 0 Å². The van der Waals surface area contributed by atoms with Gasteiger partial charge in [-0.2, -0.15) is 0 Å². The van der Waals surface area contributed by atoms with Gasteiger partial charge in [0.1, 0.15) is 18.3 Å². The summed E-state index contributed by atoms with van der Waals surface area (Å²) in [5, 5.41) is 2.85. The number of hydrogen-bond donors (Lipinski definition) is 1. The fourth-order valence-electron chi connectivity index (χ4n) is 4.09. The van der Waals surface area contributed by atoms with E-state index in [4.69, 9.17) is 4.74 Å². The molecule has 3 rings (SSSR count). The largest absolute Gasteiger partial charge is 0.494 e. The molecule has 1 N–H and O–H groups in total. The fourth-order valence-corrected chi connectivity index (χ4v) is 5.52. The Bertz CT molecular complexity index is 1300. The number of anilines is 1. The first-order valence-electron chi connectivity index (χ1n) is 13.2. The van der Waals surface area contributed by atoms with Gasteiger partial charge in [-0.3, -0.25) is 13.9 Å². The normalized spacial score (nSPS) is 11.9. The molecule has 39 heavy (non-hydrogen) atoms. The summed E-state index contributed by atoms with van der Waals surface area (Å²) in [6.07, 6.45) is 1.28. The lowest BCUT2D eigenvalue weighted by atomic mass is 10.1. The lowest BCUT2D eigenvalue weighted by molar-refractivity contribution is -0.138. The molecule has 0 heterocycles. The molecule has 3 aromatic rings. The summed E-state index contributed by atoms with van der Waals surface area (Å²) < 4.78 is 34.1. The van der Waals surface area contributed by atoms with Crippen LogP contribution in [0.15, 0.2) is 89.8 Å². The second-order valence-corrected chi connectivity index (χ2v) is 10.9. The standard InChI is InChI=1S/C30H37N3O5S/c1-4-21-31-30(35)24(3)32(22-20-25-12-8-6-9-13-25)29(34)23-33(26-16-18-27(19-17-26)38-5-2)39(36,37)28-14-10-7-11-15-28/h6-19,24H,4-5,20-23H2,1-3H3,(H,31,35). The SMILES string of the molecule is CCCNC(=O)C(C)N(CCc1ccccc1)C(=O)CN(c1ccc(OCC)cc1)S(=O)(=O)c1ccccc1. The van der Waals surface area contributed by atoms with E-state index in [2.05, 4.69) is 5.32 Å². The maximum Gasteiger partial charge on any atom is 0.264 e. The lowest BCUT2D eigenvalue weighted by Gasteiger charge is -2.32. The molecule has 0 aliphatic rings. The van der Waals surface area contributed by atoms with E-state index in [1.807, 2.05) is 44.2 Å². The van der Waals surface area contributed by atoms with Crippen LogP contribution < -0.4 is 14.4 Å². The van der Waals surface area contributed by atoms with Crippen molar-refractivity contribution in [2.75, 3.05) is 30.5 Å². The van der Waals surface area contributed by atoms with Gasteiger partial charge in [-0.15, -0.1) is 0 Å². The maximum absolute atomic E-state index is 13.8. The zero-order valence-electron chi connectivity index (χ0n) is 22.7. The Morgan fingerprint density at radius 3 is 2.10 bits per heavy atom. The zero-order chi connectivity index (χ0) is 28.3. The number of carbonyl (C=O) groups excluding carboxylic acids is 2. The van der Waals surface area contributed by atoms with Crippen LogP contribution in [0.2, 0.25) is 0 Å². The van der Waals surface area contributed by atoms with Gasteiger partial charge in [0, 0.05) is 13.1 Å². The van der Waals surface area contributed by atoms with Crippen LogP contribution in [0.3, 0.4) is 0 Å². The number of nitrogens with one attached hydrogen (secondary N) is 1. The number of carbonyl (C=O) groups is 2. The molecule has 208 valence electrons. The molecule has 0 bridgehead atoms. The molecule has 8 nitrogen and oxygen atoms in total. The third kappa shape index (κ3) is 8.07. The number of benzene rings is 3. The molecule has 3 aromatic carbocycles. The third-order valence-electron chi connectivity index (χ3n) is 6.25. The summed E-state index contributed by atoms with van der Waals surface area (Å²) in [5.41, 5.74) is 1.33. The minimum Gasteiger partial charge on any atom is -0.494 e. The molecule has 0 saturated carbocycles. The van der Waals surface area contributed by atoms with Crippen LogP contribution in [-0.4, -0.2) is 57.4 Å². The van der Waals surface area contributed by atoms with Crippen molar-refractivity contribution in [1.29, 1.82) is 0 Å². The first-order chi connectivity index (χ1) is 18.8. The summed E-state index contributed by atoms with van der Waals surface area (Å²) in [5.74, 6) is -0.161. The molecule has 0 aromatic heterocycles. The van der Waals surface area contributed by atoms with Crippen molar-refractivity contribution in [3.63, 3.8) is 0 Å². The smallest absolute Gasteiger partial charge is 0.264 e. The Balaban J connectivity index is 1.95. The quantitative estimate of drug-likeness (QED) is 0.323. The van der Waals surface area contributed by atoms with E-state index in [9.17, 15) is 18.0 Å². The van der Waals surface area contributed by atoms with Crippen molar-refractivity contribution < 1.29 is 22.7 Å². The third-order valence-corrected chi connectivity index (χ3v) is 8.03. The van der Waals surface area contributed by atoms with E-state index in [-0.39, 0.29) is 17.3 Å². The first-order valence-corrected chi connectivity index (χ1v) is 14.6. The monoisotopic (exact) mass is 551 g/mol. The molecule has 0 aliphatic heterocycles. The Morgan fingerprint density at radius 1 is 0.897 bits per heavy atom. The minimum atomic E-state index is -4.09. The second-order valence-electron chi connectivity index (χ2n) is 9.04. The molecular formula is C30H37N3O5S. The molecule has 0 saturated heterocycles. The van der Waals surface area contributed by atoms with Crippen LogP contribution in [0, 0.1) is 0 Å². The van der Waals surface area contributed by atoms with Gasteiger partial charge in [-0.25, -0.2) is 8.42 Å². The number of hydrogen-bond acceptors (Lipinski definition) is 5. The van der Waals surface area contributed by atoms with Crippen molar-refractivity contribution in [3.05, 3.63) is 90.5 Å². The molecule has 0 spiro atoms. The van der Waals surface area contributed by atoms with Crippen LogP contribution in [0.25, 0.3) is 0 Å². The van der Waals surface area contributed by atoms with Crippen LogP contribution in [0.1, 0.15) is 32.8 Å². The predicted octanol–water partition coefficient (Wildman–Crippen LogP) is 4.27. The van der Waals surface area contributed by atoms with Crippen LogP contribution >= 0.6 is 0 Å². The van der Waals surface area contributed by atoms with E-state index in [0.29, 0.717) is 31.0 Å². The minimum absolute atomic E-state index is 0.0660. The van der Waals surface area contributed by atoms with Crippen molar-refractivity contribution >= 4 is 27.5 Å². The van der Waals surface area contributed by atoms with E-state index < -0.39 is 28.5 Å². The highest BCUT2D eigenvalue weighted by atomic mass is 32.2. The number of rotatable bonds is 14. The Labute approximate surface area is 231 Å². The highest BCUT2D eigenvalue weighted by Crippen LogP contribution is 2.26. The molecule has 0 radical (unpaired) electrons. The van der Waals surface area contributed by atoms with E-state index in [0.717, 1.165) is 16.3 Å². The molecule has 1 atom stereocenters. The average Bonchev–Trinajstić information content (AvgIpc) is 2.96. The highest BCUT2D eigenvalue weighted by Gasteiger charge is 2.32. The van der Waals surface area contributed by atoms with Gasteiger partial charge in [0.2, 0.25) is 11.8 Å². The highest BCUT2D eigenvalue weighted by molar-refractivity contribution is 7.92. The topological polar surface area (TPSA) is 96.0 Å². The number of nitrogens with zero attached hydrogens (tertiary/aromatic N) is 2. The van der Waals surface area contributed by atoms with E-state index in [1.54, 1.807) is 49.4 Å². The van der Waals surface area contributed by atoms with Crippen molar-refractivity contribution in [1.82, 2.24) is 10.2 Å². The number of amides is 2. The Morgan fingerprint density at radius 2 is 1.51 bits per heavy atom. The maximum atomic E-state index is 13.8. The summed E-state index contributed by atoms with van der Waals surface area (Å²) in [4.78, 5) is 28.2. The Kier molecular flexibility index (Phi) is 10.9. The molecule has 0 aliphatic carbocycles. The molecular weight excluding hydrogens is 514 g/mol. The van der Waals surface area contributed by atoms with Gasteiger partial charge in [-0.1, -0.05) is 55.5 Å². The average molecular weight is 552 g/mol. The van der Waals surface area contributed by atoms with Crippen LogP contribution in [0.4, 0.5) is 5.69 Å². The van der Waals surface area contributed by atoms with Crippen molar-refractivity contribution in [3.8, 4) is 5.75 Å². The molecule has 2 amide bonds. The Hall–Kier alpha value is -3.85. The van der Waals surface area contributed by atoms with Crippen molar-refractivity contribution in [2.24, 2.45) is 0 Å². The molecule has 0 fully saturated rings. The lowest BCUT2D eigenvalue weighted by Crippen LogP contribution is -2.52. The summed E-state index contributed by atoms with van der Waals surface area (Å²) in [6.45, 7) is 6.23. The fraction of sp³-hybridized carbons (Fsp3) is 0.333. The second kappa shape index (κ2) is 14.3. The van der Waals surface area contributed by atoms with Gasteiger partial charge in [-0.05, 0) is 68.7 Å². The van der Waals surface area contributed by atoms with Gasteiger partial charge in [0.25, 0.3) is 10.0 Å². The van der Waals surface area contributed by atoms with E-state index >= 15 is 0 Å². The first kappa shape index (κ1) is 29.7. The van der Waals surface area contributed by atoms with Crippen LogP contribution in [0.5, 0.6) is 5.75 Å². The summed E-state index contributed by atoms with van der Waals surface area (Å²) in [6, 6.07) is 23.4. The van der Waals surface area contributed by atoms with Crippen molar-refractivity contribution in [2.45, 2.75) is 44.6 Å². The van der Waals surface area contributed by atoms with Gasteiger partial charge in [0.05, 0.1) is 17.2 Å². The predicted molar refractivity (Wildman–Crippen MR) is 153 cm³/mol. The zero-order valence-corrected chi connectivity index (χ0v) is 23.6. The van der Waals surface area contributed by atoms with Gasteiger partial charge < -0.3 is 15.0 Å².